The number of nitrogens with one attached hydrogen (secondary N) is 1. The van der Waals surface area contributed by atoms with Gasteiger partial charge in [0.2, 0.25) is 0 Å². The molecule has 2 heterocycles. The van der Waals surface area contributed by atoms with Crippen molar-refractivity contribution >= 4 is 33.0 Å². The average molecular weight is 336 g/mol. The van der Waals surface area contributed by atoms with Crippen molar-refractivity contribution in [1.29, 1.82) is 0 Å². The summed E-state index contributed by atoms with van der Waals surface area (Å²) < 4.78 is 1.05. The highest BCUT2D eigenvalue weighted by atomic mass is 79.9. The highest BCUT2D eigenvalue weighted by molar-refractivity contribution is 9.10. The van der Waals surface area contributed by atoms with Crippen molar-refractivity contribution < 1.29 is 4.79 Å². The van der Waals surface area contributed by atoms with Gasteiger partial charge >= 0.3 is 0 Å². The van der Waals surface area contributed by atoms with Gasteiger partial charge in [-0.15, -0.1) is 11.3 Å². The van der Waals surface area contributed by atoms with Crippen LogP contribution in [0.5, 0.6) is 0 Å². The number of halogens is 1. The minimum Gasteiger partial charge on any atom is -0.303 e. The summed E-state index contributed by atoms with van der Waals surface area (Å²) in [5, 5.41) is 5.36. The normalized spacial score (nSPS) is 18.1. The van der Waals surface area contributed by atoms with Gasteiger partial charge in [-0.25, -0.2) is 0 Å². The number of benzene rings is 1. The van der Waals surface area contributed by atoms with Crippen molar-refractivity contribution in [2.45, 2.75) is 18.9 Å². The molecule has 0 spiro atoms. The van der Waals surface area contributed by atoms with Crippen LogP contribution in [0.2, 0.25) is 0 Å². The number of rotatable bonds is 3. The average Bonchev–Trinajstić information content (AvgIpc) is 2.83. The van der Waals surface area contributed by atoms with Crippen molar-refractivity contribution in [3.05, 3.63) is 56.2 Å². The van der Waals surface area contributed by atoms with E-state index in [4.69, 9.17) is 0 Å². The van der Waals surface area contributed by atoms with E-state index in [1.807, 2.05) is 23.6 Å². The number of carbonyl (C=O) groups excluding carboxylic acids is 1. The predicted octanol–water partition coefficient (Wildman–Crippen LogP) is 3.51. The van der Waals surface area contributed by atoms with E-state index in [1.165, 1.54) is 5.56 Å². The first-order valence-corrected chi connectivity index (χ1v) is 7.98. The van der Waals surface area contributed by atoms with E-state index in [2.05, 4.69) is 33.4 Å². The summed E-state index contributed by atoms with van der Waals surface area (Å²) in [7, 11) is 0. The molecular formula is C15H14BrNOS. The lowest BCUT2D eigenvalue weighted by Gasteiger charge is -2.25. The maximum absolute atomic E-state index is 12.5. The summed E-state index contributed by atoms with van der Waals surface area (Å²) in [6.45, 7) is 0.877. The molecule has 0 amide bonds. The van der Waals surface area contributed by atoms with Gasteiger partial charge in [-0.3, -0.25) is 4.79 Å². The second-order valence-electron chi connectivity index (χ2n) is 4.71. The maximum Gasteiger partial charge on any atom is 0.159 e. The van der Waals surface area contributed by atoms with Gasteiger partial charge in [-0.05, 0) is 39.5 Å². The molecule has 1 N–H and O–H groups in total. The molecule has 0 aliphatic carbocycles. The van der Waals surface area contributed by atoms with Crippen molar-refractivity contribution in [2.24, 2.45) is 0 Å². The monoisotopic (exact) mass is 335 g/mol. The molecule has 0 saturated carbocycles. The second kappa shape index (κ2) is 5.57. The van der Waals surface area contributed by atoms with Crippen LogP contribution in [0.1, 0.15) is 22.0 Å². The van der Waals surface area contributed by atoms with Crippen LogP contribution in [0.4, 0.5) is 0 Å². The Morgan fingerprint density at radius 2 is 2.26 bits per heavy atom. The van der Waals surface area contributed by atoms with Crippen molar-refractivity contribution in [2.75, 3.05) is 6.54 Å². The Labute approximate surface area is 125 Å². The fourth-order valence-corrected chi connectivity index (χ4v) is 3.97. The number of ketones is 1. The summed E-state index contributed by atoms with van der Waals surface area (Å²) >= 11 is 5.06. The van der Waals surface area contributed by atoms with Crippen LogP contribution < -0.4 is 5.32 Å². The van der Waals surface area contributed by atoms with Gasteiger partial charge in [0.05, 0.1) is 6.04 Å². The van der Waals surface area contributed by atoms with Gasteiger partial charge in [-0.2, -0.15) is 0 Å². The molecule has 0 saturated heterocycles. The van der Waals surface area contributed by atoms with E-state index in [-0.39, 0.29) is 11.8 Å². The SMILES string of the molecule is O=C(Cc1cc(Br)cs1)C1NCCc2ccccc21. The van der Waals surface area contributed by atoms with Crippen molar-refractivity contribution in [3.63, 3.8) is 0 Å². The minimum atomic E-state index is -0.147. The molecule has 1 aliphatic heterocycles. The Morgan fingerprint density at radius 3 is 3.05 bits per heavy atom. The Hall–Kier alpha value is -0.970. The third-order valence-electron chi connectivity index (χ3n) is 3.40. The fraction of sp³-hybridized carbons (Fsp3) is 0.267. The first-order chi connectivity index (χ1) is 9.24. The molecule has 19 heavy (non-hydrogen) atoms. The standard InChI is InChI=1S/C15H14BrNOS/c16-11-7-12(19-9-11)8-14(18)15-13-4-2-1-3-10(13)5-6-17-15/h1-4,7,9,15,17H,5-6,8H2. The zero-order chi connectivity index (χ0) is 13.2. The Morgan fingerprint density at radius 1 is 1.42 bits per heavy atom. The lowest BCUT2D eigenvalue weighted by Crippen LogP contribution is -2.35. The van der Waals surface area contributed by atoms with E-state index in [0.717, 1.165) is 27.9 Å². The summed E-state index contributed by atoms with van der Waals surface area (Å²) in [5.74, 6) is 0.251. The van der Waals surface area contributed by atoms with E-state index >= 15 is 0 Å². The van der Waals surface area contributed by atoms with Gasteiger partial charge in [0, 0.05) is 27.7 Å². The molecule has 1 aliphatic rings. The zero-order valence-electron chi connectivity index (χ0n) is 10.4. The molecule has 1 aromatic heterocycles. The number of hydrogen-bond acceptors (Lipinski definition) is 3. The molecule has 98 valence electrons. The van der Waals surface area contributed by atoms with E-state index in [9.17, 15) is 4.79 Å². The molecule has 2 aromatic rings. The van der Waals surface area contributed by atoms with Crippen LogP contribution in [0.3, 0.4) is 0 Å². The Kier molecular flexibility index (Phi) is 3.82. The van der Waals surface area contributed by atoms with Crippen LogP contribution in [-0.2, 0) is 17.6 Å². The van der Waals surface area contributed by atoms with Crippen LogP contribution >= 0.6 is 27.3 Å². The molecule has 0 fully saturated rings. The molecule has 3 rings (SSSR count). The van der Waals surface area contributed by atoms with Crippen LogP contribution in [0, 0.1) is 0 Å². The number of hydrogen-bond donors (Lipinski definition) is 1. The molecule has 0 radical (unpaired) electrons. The smallest absolute Gasteiger partial charge is 0.159 e. The molecule has 1 aromatic carbocycles. The molecular weight excluding hydrogens is 322 g/mol. The lowest BCUT2D eigenvalue weighted by molar-refractivity contribution is -0.120. The highest BCUT2D eigenvalue weighted by Crippen LogP contribution is 2.26. The topological polar surface area (TPSA) is 29.1 Å². The molecule has 0 bridgehead atoms. The van der Waals surface area contributed by atoms with Gasteiger partial charge in [0.1, 0.15) is 0 Å². The van der Waals surface area contributed by atoms with E-state index in [0.29, 0.717) is 6.42 Å². The number of thiophene rings is 1. The third kappa shape index (κ3) is 2.81. The summed E-state index contributed by atoms with van der Waals surface area (Å²) in [4.78, 5) is 13.6. The first-order valence-electron chi connectivity index (χ1n) is 6.31. The van der Waals surface area contributed by atoms with Crippen molar-refractivity contribution in [3.8, 4) is 0 Å². The van der Waals surface area contributed by atoms with Crippen molar-refractivity contribution in [1.82, 2.24) is 5.32 Å². The van der Waals surface area contributed by atoms with E-state index < -0.39 is 0 Å². The fourth-order valence-electron chi connectivity index (χ4n) is 2.51. The number of fused-ring (bicyclic) bond motifs is 1. The number of carbonyl (C=O) groups is 1. The van der Waals surface area contributed by atoms with Gasteiger partial charge in [-0.1, -0.05) is 24.3 Å². The summed E-state index contributed by atoms with van der Waals surface area (Å²) in [5.41, 5.74) is 2.45. The first kappa shape index (κ1) is 13.0. The number of Topliss-reactive ketones (excluding diaryl/α,β-unsaturated/α-hetero) is 1. The van der Waals surface area contributed by atoms with Crippen LogP contribution in [-0.4, -0.2) is 12.3 Å². The largest absolute Gasteiger partial charge is 0.303 e. The predicted molar refractivity (Wildman–Crippen MR) is 81.6 cm³/mol. The van der Waals surface area contributed by atoms with E-state index in [1.54, 1.807) is 11.3 Å². The third-order valence-corrected chi connectivity index (χ3v) is 5.10. The zero-order valence-corrected chi connectivity index (χ0v) is 12.8. The second-order valence-corrected chi connectivity index (χ2v) is 6.62. The van der Waals surface area contributed by atoms with Gasteiger partial charge in [0.15, 0.2) is 5.78 Å². The Bertz CT molecular complexity index is 608. The maximum atomic E-state index is 12.5. The molecule has 4 heteroatoms. The minimum absolute atomic E-state index is 0.147. The molecule has 1 atom stereocenters. The highest BCUT2D eigenvalue weighted by Gasteiger charge is 2.25. The van der Waals surface area contributed by atoms with Gasteiger partial charge in [0.25, 0.3) is 0 Å². The van der Waals surface area contributed by atoms with Crippen LogP contribution in [0.25, 0.3) is 0 Å². The molecule has 1 unspecified atom stereocenters. The quantitative estimate of drug-likeness (QED) is 0.929. The molecule has 2 nitrogen and oxygen atoms in total. The van der Waals surface area contributed by atoms with Crippen LogP contribution in [0.15, 0.2) is 40.2 Å². The lowest BCUT2D eigenvalue weighted by atomic mass is 9.91. The summed E-state index contributed by atoms with van der Waals surface area (Å²) in [6, 6.07) is 10.1. The Balaban J connectivity index is 1.81. The summed E-state index contributed by atoms with van der Waals surface area (Å²) in [6.07, 6.45) is 1.51. The van der Waals surface area contributed by atoms with Gasteiger partial charge < -0.3 is 5.32 Å².